The third-order valence-electron chi connectivity index (χ3n) is 5.96. The quantitative estimate of drug-likeness (QED) is 0.381. The number of carbonyl (C=O) groups is 1. The van der Waals surface area contributed by atoms with Gasteiger partial charge in [0.2, 0.25) is 0 Å². The van der Waals surface area contributed by atoms with E-state index in [1.807, 2.05) is 45.0 Å². The number of rotatable bonds is 9. The summed E-state index contributed by atoms with van der Waals surface area (Å²) in [6.45, 7) is 8.26. The molecule has 2 heterocycles. The maximum absolute atomic E-state index is 13.1. The van der Waals surface area contributed by atoms with Crippen LogP contribution in [0.3, 0.4) is 0 Å². The number of anilines is 1. The highest BCUT2D eigenvalue weighted by Crippen LogP contribution is 2.36. The molecule has 1 amide bonds. The van der Waals surface area contributed by atoms with E-state index in [1.54, 1.807) is 32.1 Å². The van der Waals surface area contributed by atoms with Crippen molar-refractivity contribution in [3.05, 3.63) is 55.7 Å². The Bertz CT molecular complexity index is 1320. The van der Waals surface area contributed by atoms with Crippen molar-refractivity contribution in [2.75, 3.05) is 26.1 Å². The maximum Gasteiger partial charge on any atom is 0.270 e. The standard InChI is InChI=1S/C26H30N4O4S2/c1-7-29-23(28-11-10-17-8-9-20(33-5)21(12-17)34-6)18(16(4)19(14-27)24(29)31)13-22-25(32)30(15(2)3)26(35)36-22/h8-9,12-13,15,28H,7,10-11H2,1-6H3/b22-13+. The molecule has 1 N–H and O–H groups in total. The number of ether oxygens (including phenoxy) is 2. The highest BCUT2D eigenvalue weighted by Gasteiger charge is 2.34. The number of thioether (sulfide) groups is 1. The molecule has 1 aliphatic heterocycles. The van der Waals surface area contributed by atoms with Gasteiger partial charge in [0.15, 0.2) is 11.5 Å². The summed E-state index contributed by atoms with van der Waals surface area (Å²) in [4.78, 5) is 28.1. The molecule has 36 heavy (non-hydrogen) atoms. The van der Waals surface area contributed by atoms with Crippen LogP contribution < -0.4 is 20.3 Å². The van der Waals surface area contributed by atoms with Crippen molar-refractivity contribution in [3.8, 4) is 17.6 Å². The molecule has 0 unspecified atom stereocenters. The van der Waals surface area contributed by atoms with Crippen LogP contribution in [0.4, 0.5) is 5.82 Å². The van der Waals surface area contributed by atoms with Gasteiger partial charge in [0, 0.05) is 24.7 Å². The number of amides is 1. The van der Waals surface area contributed by atoms with Crippen LogP contribution in [0.5, 0.6) is 11.5 Å². The molecule has 0 aliphatic carbocycles. The summed E-state index contributed by atoms with van der Waals surface area (Å²) >= 11 is 6.64. The molecule has 8 nitrogen and oxygen atoms in total. The van der Waals surface area contributed by atoms with Crippen LogP contribution >= 0.6 is 24.0 Å². The second-order valence-electron chi connectivity index (χ2n) is 8.44. The van der Waals surface area contributed by atoms with Gasteiger partial charge in [-0.2, -0.15) is 5.26 Å². The Morgan fingerprint density at radius 1 is 1.22 bits per heavy atom. The summed E-state index contributed by atoms with van der Waals surface area (Å²) in [5, 5.41) is 13.1. The molecular weight excluding hydrogens is 496 g/mol. The highest BCUT2D eigenvalue weighted by atomic mass is 32.2. The number of carbonyl (C=O) groups excluding carboxylic acids is 1. The molecule has 3 rings (SSSR count). The number of hydrogen-bond acceptors (Lipinski definition) is 8. The first-order valence-electron chi connectivity index (χ1n) is 11.6. The lowest BCUT2D eigenvalue weighted by Gasteiger charge is -2.20. The molecule has 1 saturated heterocycles. The normalized spacial score (nSPS) is 14.5. The third-order valence-corrected chi connectivity index (χ3v) is 7.29. The Kier molecular flexibility index (Phi) is 8.82. The van der Waals surface area contributed by atoms with E-state index in [0.717, 1.165) is 5.56 Å². The van der Waals surface area contributed by atoms with Crippen molar-refractivity contribution in [3.63, 3.8) is 0 Å². The van der Waals surface area contributed by atoms with Gasteiger partial charge in [0.05, 0.1) is 19.1 Å². The Morgan fingerprint density at radius 3 is 2.47 bits per heavy atom. The molecule has 0 saturated carbocycles. The number of methoxy groups -OCH3 is 2. The van der Waals surface area contributed by atoms with Crippen LogP contribution in [0.2, 0.25) is 0 Å². The minimum atomic E-state index is -0.363. The summed E-state index contributed by atoms with van der Waals surface area (Å²) in [6.07, 6.45) is 2.38. The lowest BCUT2D eigenvalue weighted by Crippen LogP contribution is -2.34. The highest BCUT2D eigenvalue weighted by molar-refractivity contribution is 8.26. The number of nitriles is 1. The van der Waals surface area contributed by atoms with Crippen LogP contribution in [0, 0.1) is 18.3 Å². The second kappa shape index (κ2) is 11.6. The lowest BCUT2D eigenvalue weighted by molar-refractivity contribution is -0.123. The van der Waals surface area contributed by atoms with E-state index in [9.17, 15) is 14.9 Å². The zero-order valence-corrected chi connectivity index (χ0v) is 22.9. The van der Waals surface area contributed by atoms with Gasteiger partial charge in [-0.1, -0.05) is 30.0 Å². The molecule has 190 valence electrons. The predicted molar refractivity (Wildman–Crippen MR) is 148 cm³/mol. The fourth-order valence-corrected chi connectivity index (χ4v) is 5.58. The van der Waals surface area contributed by atoms with Gasteiger partial charge < -0.3 is 14.8 Å². The molecule has 0 atom stereocenters. The summed E-state index contributed by atoms with van der Waals surface area (Å²) in [5.74, 6) is 1.68. The minimum absolute atomic E-state index is 0.0629. The largest absolute Gasteiger partial charge is 0.493 e. The average molecular weight is 527 g/mol. The summed E-state index contributed by atoms with van der Waals surface area (Å²) < 4.78 is 12.7. The Morgan fingerprint density at radius 2 is 1.92 bits per heavy atom. The average Bonchev–Trinajstić information content (AvgIpc) is 3.14. The van der Waals surface area contributed by atoms with Gasteiger partial charge in [-0.05, 0) is 63.5 Å². The van der Waals surface area contributed by atoms with Crippen molar-refractivity contribution in [2.45, 2.75) is 46.7 Å². The monoisotopic (exact) mass is 526 g/mol. The number of benzene rings is 1. The molecule has 1 aliphatic rings. The molecule has 1 fully saturated rings. The Balaban J connectivity index is 2.02. The fraction of sp³-hybridized carbons (Fsp3) is 0.385. The van der Waals surface area contributed by atoms with E-state index in [2.05, 4.69) is 5.32 Å². The van der Waals surface area contributed by atoms with Crippen molar-refractivity contribution >= 4 is 46.1 Å². The summed E-state index contributed by atoms with van der Waals surface area (Å²) in [7, 11) is 3.18. The van der Waals surface area contributed by atoms with Crippen LogP contribution in [0.1, 0.15) is 43.0 Å². The second-order valence-corrected chi connectivity index (χ2v) is 10.1. The molecule has 10 heteroatoms. The molecule has 1 aromatic heterocycles. The number of nitrogens with zero attached hydrogens (tertiary/aromatic N) is 3. The Hall–Kier alpha value is -3.29. The van der Waals surface area contributed by atoms with Gasteiger partial charge in [0.25, 0.3) is 11.5 Å². The summed E-state index contributed by atoms with van der Waals surface area (Å²) in [6, 6.07) is 7.69. The van der Waals surface area contributed by atoms with Crippen molar-refractivity contribution in [1.82, 2.24) is 9.47 Å². The topological polar surface area (TPSA) is 96.6 Å². The molecular formula is C26H30N4O4S2. The SMILES string of the molecule is CCn1c(NCCc2ccc(OC)c(OC)c2)c(/C=C2/SC(=S)N(C(C)C)C2=O)c(C)c(C#N)c1=O. The van der Waals surface area contributed by atoms with E-state index < -0.39 is 0 Å². The number of aromatic nitrogens is 1. The van der Waals surface area contributed by atoms with Crippen LogP contribution in [0.25, 0.3) is 6.08 Å². The number of thiocarbonyl (C=S) groups is 1. The fourth-order valence-electron chi connectivity index (χ4n) is 4.07. The van der Waals surface area contributed by atoms with Crippen LogP contribution in [-0.4, -0.2) is 46.5 Å². The number of pyridine rings is 1. The minimum Gasteiger partial charge on any atom is -0.493 e. The first-order valence-corrected chi connectivity index (χ1v) is 12.8. The van der Waals surface area contributed by atoms with Crippen LogP contribution in [0.15, 0.2) is 27.9 Å². The van der Waals surface area contributed by atoms with Crippen molar-refractivity contribution in [1.29, 1.82) is 5.26 Å². The molecule has 0 spiro atoms. The van der Waals surface area contributed by atoms with Gasteiger partial charge in [-0.3, -0.25) is 19.1 Å². The van der Waals surface area contributed by atoms with E-state index in [1.165, 1.54) is 16.3 Å². The smallest absolute Gasteiger partial charge is 0.270 e. The summed E-state index contributed by atoms with van der Waals surface area (Å²) in [5.41, 5.74) is 1.88. The predicted octanol–water partition coefficient (Wildman–Crippen LogP) is 4.33. The van der Waals surface area contributed by atoms with Gasteiger partial charge in [-0.15, -0.1) is 0 Å². The van der Waals surface area contributed by atoms with Gasteiger partial charge in [-0.25, -0.2) is 0 Å². The molecule has 2 aromatic rings. The van der Waals surface area contributed by atoms with Crippen molar-refractivity contribution < 1.29 is 14.3 Å². The van der Waals surface area contributed by atoms with Crippen molar-refractivity contribution in [2.24, 2.45) is 0 Å². The van der Waals surface area contributed by atoms with E-state index in [4.69, 9.17) is 21.7 Å². The first-order chi connectivity index (χ1) is 17.2. The van der Waals surface area contributed by atoms with Gasteiger partial charge in [0.1, 0.15) is 21.8 Å². The Labute approximate surface area is 220 Å². The first kappa shape index (κ1) is 27.3. The molecule has 1 aromatic carbocycles. The van der Waals surface area contributed by atoms with E-state index >= 15 is 0 Å². The van der Waals surface area contributed by atoms with Crippen LogP contribution in [-0.2, 0) is 17.8 Å². The van der Waals surface area contributed by atoms with E-state index in [0.29, 0.717) is 57.2 Å². The number of nitrogens with one attached hydrogen (secondary N) is 1. The molecule has 0 radical (unpaired) electrons. The number of hydrogen-bond donors (Lipinski definition) is 1. The lowest BCUT2D eigenvalue weighted by atomic mass is 10.0. The maximum atomic E-state index is 13.1. The third kappa shape index (κ3) is 5.27. The van der Waals surface area contributed by atoms with E-state index in [-0.39, 0.29) is 23.1 Å². The zero-order valence-electron chi connectivity index (χ0n) is 21.3. The zero-order chi connectivity index (χ0) is 26.6. The van der Waals surface area contributed by atoms with Gasteiger partial charge >= 0.3 is 0 Å². The molecule has 0 bridgehead atoms.